The average molecular weight is 429 g/mol. The molecule has 0 aliphatic carbocycles. The molecule has 1 aromatic rings. The summed E-state index contributed by atoms with van der Waals surface area (Å²) in [5.41, 5.74) is 1.21. The van der Waals surface area contributed by atoms with Crippen LogP contribution in [0.5, 0.6) is 0 Å². The summed E-state index contributed by atoms with van der Waals surface area (Å²) in [6.07, 6.45) is 2.58. The minimum Gasteiger partial charge on any atom is -0.343 e. The highest BCUT2D eigenvalue weighted by atomic mass is 16.2. The van der Waals surface area contributed by atoms with E-state index in [1.807, 2.05) is 36.9 Å². The van der Waals surface area contributed by atoms with Crippen molar-refractivity contribution in [3.63, 3.8) is 0 Å². The summed E-state index contributed by atoms with van der Waals surface area (Å²) < 4.78 is 0. The van der Waals surface area contributed by atoms with Crippen molar-refractivity contribution in [3.8, 4) is 0 Å². The van der Waals surface area contributed by atoms with E-state index >= 15 is 0 Å². The molecule has 2 N–H and O–H groups in total. The number of nitrogens with zero attached hydrogens (tertiary/aromatic N) is 2. The number of piperidine rings is 1. The molecule has 2 aliphatic heterocycles. The number of carbonyl (C=O) groups is 3. The van der Waals surface area contributed by atoms with Crippen molar-refractivity contribution < 1.29 is 14.4 Å². The van der Waals surface area contributed by atoms with Crippen LogP contribution in [0, 0.1) is 11.8 Å². The van der Waals surface area contributed by atoms with Gasteiger partial charge in [0.1, 0.15) is 12.1 Å². The topological polar surface area (TPSA) is 81.8 Å². The van der Waals surface area contributed by atoms with Crippen molar-refractivity contribution in [3.05, 3.63) is 35.9 Å². The lowest BCUT2D eigenvalue weighted by molar-refractivity contribution is -0.149. The Hall–Kier alpha value is -2.41. The van der Waals surface area contributed by atoms with Crippen LogP contribution < -0.4 is 10.6 Å². The van der Waals surface area contributed by atoms with Crippen LogP contribution in [0.25, 0.3) is 0 Å². The van der Waals surface area contributed by atoms with Gasteiger partial charge < -0.3 is 20.4 Å². The number of nitrogens with one attached hydrogen (secondary N) is 2. The van der Waals surface area contributed by atoms with E-state index in [9.17, 15) is 14.4 Å². The maximum Gasteiger partial charge on any atom is 0.246 e. The van der Waals surface area contributed by atoms with Crippen molar-refractivity contribution in [2.75, 3.05) is 26.7 Å². The van der Waals surface area contributed by atoms with Gasteiger partial charge in [0.2, 0.25) is 17.7 Å². The molecule has 0 bridgehead atoms. The number of likely N-dealkylation sites (N-methyl/N-ethyl adjacent to an activating group) is 1. The zero-order chi connectivity index (χ0) is 22.5. The Kier molecular flexibility index (Phi) is 7.70. The zero-order valence-corrected chi connectivity index (χ0v) is 19.1. The van der Waals surface area contributed by atoms with E-state index in [4.69, 9.17) is 0 Å². The standard InChI is InChI=1S/C24H36N4O3/c1-16(2)20(26-22(29)17(3)25-4)23(30)28-15-12-19-11-14-27(24(31)21(19)28)13-10-18-8-6-5-7-9-18/h5-9,16-17,19-21,25H,10-15H2,1-4H3,(H,26,29)/t17-,19+,20?,21-/m0/s1. The van der Waals surface area contributed by atoms with E-state index in [1.54, 1.807) is 18.9 Å². The summed E-state index contributed by atoms with van der Waals surface area (Å²) >= 11 is 0. The second-order valence-corrected chi connectivity index (χ2v) is 9.12. The summed E-state index contributed by atoms with van der Waals surface area (Å²) in [6, 6.07) is 8.74. The molecular formula is C24H36N4O3. The second-order valence-electron chi connectivity index (χ2n) is 9.12. The molecule has 0 spiro atoms. The van der Waals surface area contributed by atoms with Gasteiger partial charge in [0, 0.05) is 19.6 Å². The summed E-state index contributed by atoms with van der Waals surface area (Å²) in [5, 5.41) is 5.80. The van der Waals surface area contributed by atoms with E-state index in [0.29, 0.717) is 13.1 Å². The molecule has 2 fully saturated rings. The van der Waals surface area contributed by atoms with Crippen LogP contribution in [-0.4, -0.2) is 72.3 Å². The molecule has 2 aliphatic rings. The van der Waals surface area contributed by atoms with Gasteiger partial charge in [0.05, 0.1) is 6.04 Å². The highest BCUT2D eigenvalue weighted by Gasteiger charge is 2.47. The molecule has 1 unspecified atom stereocenters. The molecule has 7 nitrogen and oxygen atoms in total. The zero-order valence-electron chi connectivity index (χ0n) is 19.1. The van der Waals surface area contributed by atoms with Gasteiger partial charge >= 0.3 is 0 Å². The first-order chi connectivity index (χ1) is 14.8. The van der Waals surface area contributed by atoms with Crippen LogP contribution in [0.1, 0.15) is 39.2 Å². The third kappa shape index (κ3) is 5.26. The smallest absolute Gasteiger partial charge is 0.246 e. The summed E-state index contributed by atoms with van der Waals surface area (Å²) in [4.78, 5) is 42.8. The maximum absolute atomic E-state index is 13.4. The quantitative estimate of drug-likeness (QED) is 0.656. The number of likely N-dealkylation sites (tertiary alicyclic amines) is 2. The Morgan fingerprint density at radius 2 is 1.77 bits per heavy atom. The molecule has 2 saturated heterocycles. The highest BCUT2D eigenvalue weighted by molar-refractivity contribution is 5.94. The first-order valence-electron chi connectivity index (χ1n) is 11.4. The second kappa shape index (κ2) is 10.3. The Bertz CT molecular complexity index is 782. The van der Waals surface area contributed by atoms with Gasteiger partial charge in [0.25, 0.3) is 0 Å². The lowest BCUT2D eigenvalue weighted by Crippen LogP contribution is -2.59. The Morgan fingerprint density at radius 3 is 2.42 bits per heavy atom. The Morgan fingerprint density at radius 1 is 1.10 bits per heavy atom. The summed E-state index contributed by atoms with van der Waals surface area (Å²) in [6.45, 7) is 7.60. The molecule has 3 rings (SSSR count). The number of hydrogen-bond donors (Lipinski definition) is 2. The lowest BCUT2D eigenvalue weighted by atomic mass is 9.90. The van der Waals surface area contributed by atoms with Gasteiger partial charge in [0.15, 0.2) is 0 Å². The van der Waals surface area contributed by atoms with Gasteiger partial charge in [-0.05, 0) is 50.6 Å². The lowest BCUT2D eigenvalue weighted by Gasteiger charge is -2.39. The van der Waals surface area contributed by atoms with Crippen LogP contribution in [0.15, 0.2) is 30.3 Å². The van der Waals surface area contributed by atoms with Crippen LogP contribution in [-0.2, 0) is 20.8 Å². The minimum absolute atomic E-state index is 0.0513. The van der Waals surface area contributed by atoms with Crippen LogP contribution in [0.4, 0.5) is 0 Å². The molecule has 31 heavy (non-hydrogen) atoms. The van der Waals surface area contributed by atoms with E-state index in [-0.39, 0.29) is 35.6 Å². The fourth-order valence-electron chi connectivity index (χ4n) is 4.59. The SMILES string of the molecule is CN[C@@H](C)C(=O)NC(C(=O)N1CC[C@H]2CCN(CCc3ccccc3)C(=O)[C@H]21)C(C)C. The average Bonchev–Trinajstić information content (AvgIpc) is 3.21. The van der Waals surface area contributed by atoms with E-state index in [0.717, 1.165) is 25.8 Å². The normalized spacial score (nSPS) is 22.9. The molecule has 2 heterocycles. The molecule has 1 aromatic carbocycles. The molecular weight excluding hydrogens is 392 g/mol. The summed E-state index contributed by atoms with van der Waals surface area (Å²) in [7, 11) is 1.71. The molecule has 4 atom stereocenters. The van der Waals surface area contributed by atoms with Gasteiger partial charge in [-0.3, -0.25) is 14.4 Å². The van der Waals surface area contributed by atoms with E-state index < -0.39 is 12.1 Å². The van der Waals surface area contributed by atoms with Gasteiger partial charge in [-0.2, -0.15) is 0 Å². The van der Waals surface area contributed by atoms with Gasteiger partial charge in [-0.1, -0.05) is 44.2 Å². The molecule has 0 radical (unpaired) electrons. The number of amides is 3. The number of fused-ring (bicyclic) bond motifs is 1. The van der Waals surface area contributed by atoms with Gasteiger partial charge in [-0.15, -0.1) is 0 Å². The van der Waals surface area contributed by atoms with Crippen LogP contribution >= 0.6 is 0 Å². The first-order valence-corrected chi connectivity index (χ1v) is 11.4. The number of benzene rings is 1. The molecule has 170 valence electrons. The van der Waals surface area contributed by atoms with Crippen molar-refractivity contribution in [1.82, 2.24) is 20.4 Å². The highest BCUT2D eigenvalue weighted by Crippen LogP contribution is 2.33. The largest absolute Gasteiger partial charge is 0.343 e. The molecule has 0 aromatic heterocycles. The van der Waals surface area contributed by atoms with Crippen molar-refractivity contribution >= 4 is 17.7 Å². The van der Waals surface area contributed by atoms with Crippen molar-refractivity contribution in [2.24, 2.45) is 11.8 Å². The molecule has 3 amide bonds. The maximum atomic E-state index is 13.4. The molecule has 7 heteroatoms. The first kappa shape index (κ1) is 23.3. The Balaban J connectivity index is 1.69. The fourth-order valence-corrected chi connectivity index (χ4v) is 4.59. The number of rotatable bonds is 8. The van der Waals surface area contributed by atoms with Crippen LogP contribution in [0.3, 0.4) is 0 Å². The predicted molar refractivity (Wildman–Crippen MR) is 120 cm³/mol. The van der Waals surface area contributed by atoms with Gasteiger partial charge in [-0.25, -0.2) is 0 Å². The van der Waals surface area contributed by atoms with E-state index in [1.165, 1.54) is 5.56 Å². The summed E-state index contributed by atoms with van der Waals surface area (Å²) in [5.74, 6) is -0.144. The third-order valence-electron chi connectivity index (χ3n) is 6.71. The Labute approximate surface area is 185 Å². The minimum atomic E-state index is -0.630. The predicted octanol–water partition coefficient (Wildman–Crippen LogP) is 1.43. The fraction of sp³-hybridized carbons (Fsp3) is 0.625. The van der Waals surface area contributed by atoms with Crippen molar-refractivity contribution in [1.29, 1.82) is 0 Å². The number of hydrogen-bond acceptors (Lipinski definition) is 4. The molecule has 0 saturated carbocycles. The monoisotopic (exact) mass is 428 g/mol. The third-order valence-corrected chi connectivity index (χ3v) is 6.71. The van der Waals surface area contributed by atoms with E-state index in [2.05, 4.69) is 22.8 Å². The number of carbonyl (C=O) groups excluding carboxylic acids is 3. The van der Waals surface area contributed by atoms with Crippen molar-refractivity contribution in [2.45, 2.75) is 58.2 Å². The van der Waals surface area contributed by atoms with Crippen LogP contribution in [0.2, 0.25) is 0 Å².